The molecule has 0 bridgehead atoms. The summed E-state index contributed by atoms with van der Waals surface area (Å²) in [6.45, 7) is 4.08. The number of aromatic amines is 1. The molecule has 0 aliphatic rings. The third-order valence-corrected chi connectivity index (χ3v) is 3.81. The number of nitriles is 1. The van der Waals surface area contributed by atoms with Gasteiger partial charge in [-0.1, -0.05) is 0 Å². The number of hydrogen-bond acceptors (Lipinski definition) is 5. The van der Waals surface area contributed by atoms with Gasteiger partial charge in [0, 0.05) is 25.5 Å². The molecular formula is C14H16N4OS. The van der Waals surface area contributed by atoms with Crippen LogP contribution in [-0.4, -0.2) is 18.5 Å². The monoisotopic (exact) mass is 288 g/mol. The lowest BCUT2D eigenvalue weighted by molar-refractivity contribution is 1.10. The molecule has 0 unspecified atom stereocenters. The number of aryl methyl sites for hydroxylation is 2. The summed E-state index contributed by atoms with van der Waals surface area (Å²) in [7, 11) is 4.02. The highest BCUT2D eigenvalue weighted by Gasteiger charge is 2.12. The second-order valence-electron chi connectivity index (χ2n) is 4.83. The molecule has 2 aromatic rings. The predicted octanol–water partition coefficient (Wildman–Crippen LogP) is 2.73. The van der Waals surface area contributed by atoms with Gasteiger partial charge in [0.2, 0.25) is 0 Å². The highest BCUT2D eigenvalue weighted by molar-refractivity contribution is 7.10. The summed E-state index contributed by atoms with van der Waals surface area (Å²) in [5, 5.41) is 12.7. The van der Waals surface area contributed by atoms with Crippen LogP contribution in [0.2, 0.25) is 0 Å². The van der Waals surface area contributed by atoms with Crippen LogP contribution in [0.3, 0.4) is 0 Å². The Morgan fingerprint density at radius 1 is 1.30 bits per heavy atom. The molecule has 0 radical (unpaired) electrons. The topological polar surface area (TPSA) is 71.9 Å². The zero-order valence-electron chi connectivity index (χ0n) is 11.9. The van der Waals surface area contributed by atoms with Crippen molar-refractivity contribution in [3.8, 4) is 6.07 Å². The van der Waals surface area contributed by atoms with Gasteiger partial charge in [-0.15, -0.1) is 0 Å². The van der Waals surface area contributed by atoms with E-state index in [4.69, 9.17) is 5.26 Å². The zero-order chi connectivity index (χ0) is 14.9. The smallest absolute Gasteiger partial charge is 0.278 e. The second kappa shape index (κ2) is 5.39. The molecular weight excluding hydrogens is 272 g/mol. The molecule has 0 fully saturated rings. The van der Waals surface area contributed by atoms with Crippen LogP contribution in [0.25, 0.3) is 0 Å². The standard InChI is InChI=1S/C14H16N4OS/c1-8-5-10(6-9(2)12(8)18(3)4)16-14-11(7-15)13(19)17-20-14/h5-6,16H,1-4H3,(H,17,19). The Hall–Kier alpha value is -2.26. The van der Waals surface area contributed by atoms with Crippen molar-refractivity contribution in [3.05, 3.63) is 39.2 Å². The Balaban J connectivity index is 2.41. The van der Waals surface area contributed by atoms with Gasteiger partial charge in [0.1, 0.15) is 11.1 Å². The van der Waals surface area contributed by atoms with Gasteiger partial charge in [-0.2, -0.15) is 5.26 Å². The summed E-state index contributed by atoms with van der Waals surface area (Å²) in [6, 6.07) is 5.93. The Bertz CT molecular complexity index is 713. The fraction of sp³-hybridized carbons (Fsp3) is 0.286. The Kier molecular flexibility index (Phi) is 3.81. The van der Waals surface area contributed by atoms with E-state index in [1.165, 1.54) is 5.69 Å². The average molecular weight is 288 g/mol. The van der Waals surface area contributed by atoms with Crippen molar-refractivity contribution < 1.29 is 0 Å². The minimum Gasteiger partial charge on any atom is -0.377 e. The molecule has 1 aromatic carbocycles. The number of aromatic nitrogens is 1. The van der Waals surface area contributed by atoms with Crippen molar-refractivity contribution >= 4 is 27.9 Å². The van der Waals surface area contributed by atoms with E-state index in [0.29, 0.717) is 5.00 Å². The maximum atomic E-state index is 11.4. The third kappa shape index (κ3) is 2.53. The van der Waals surface area contributed by atoms with Crippen LogP contribution >= 0.6 is 11.5 Å². The summed E-state index contributed by atoms with van der Waals surface area (Å²) >= 11 is 1.14. The molecule has 1 heterocycles. The molecule has 6 heteroatoms. The highest BCUT2D eigenvalue weighted by atomic mass is 32.1. The molecule has 0 saturated heterocycles. The fourth-order valence-corrected chi connectivity index (χ4v) is 3.06. The fourth-order valence-electron chi connectivity index (χ4n) is 2.36. The van der Waals surface area contributed by atoms with Crippen LogP contribution < -0.4 is 15.8 Å². The van der Waals surface area contributed by atoms with Gasteiger partial charge in [-0.25, -0.2) is 0 Å². The quantitative estimate of drug-likeness (QED) is 0.911. The van der Waals surface area contributed by atoms with Crippen molar-refractivity contribution in [2.45, 2.75) is 13.8 Å². The predicted molar refractivity (Wildman–Crippen MR) is 83.2 cm³/mol. The molecule has 104 valence electrons. The normalized spacial score (nSPS) is 10.2. The van der Waals surface area contributed by atoms with Crippen LogP contribution in [0.1, 0.15) is 16.7 Å². The molecule has 2 N–H and O–H groups in total. The number of nitrogens with zero attached hydrogens (tertiary/aromatic N) is 2. The molecule has 0 spiro atoms. The van der Waals surface area contributed by atoms with Crippen LogP contribution in [0.15, 0.2) is 16.9 Å². The molecule has 0 amide bonds. The van der Waals surface area contributed by atoms with Gasteiger partial charge in [0.25, 0.3) is 5.56 Å². The van der Waals surface area contributed by atoms with Crippen molar-refractivity contribution in [1.29, 1.82) is 5.26 Å². The number of rotatable bonds is 3. The first kappa shape index (κ1) is 14.2. The van der Waals surface area contributed by atoms with E-state index in [-0.39, 0.29) is 11.1 Å². The van der Waals surface area contributed by atoms with Gasteiger partial charge in [0.15, 0.2) is 5.56 Å². The lowest BCUT2D eigenvalue weighted by Crippen LogP contribution is -2.12. The molecule has 1 aromatic heterocycles. The van der Waals surface area contributed by atoms with Crippen LogP contribution in [0.4, 0.5) is 16.4 Å². The summed E-state index contributed by atoms with van der Waals surface area (Å²) in [5.74, 6) is 0. The van der Waals surface area contributed by atoms with Crippen LogP contribution in [-0.2, 0) is 0 Å². The number of hydrogen-bond donors (Lipinski definition) is 2. The highest BCUT2D eigenvalue weighted by Crippen LogP contribution is 2.29. The number of anilines is 3. The third-order valence-electron chi connectivity index (χ3n) is 3.01. The molecule has 0 aliphatic carbocycles. The summed E-state index contributed by atoms with van der Waals surface area (Å²) in [4.78, 5) is 13.5. The first-order valence-electron chi connectivity index (χ1n) is 6.11. The van der Waals surface area contributed by atoms with Crippen molar-refractivity contribution in [1.82, 2.24) is 4.37 Å². The van der Waals surface area contributed by atoms with Gasteiger partial charge in [-0.3, -0.25) is 9.17 Å². The van der Waals surface area contributed by atoms with Gasteiger partial charge >= 0.3 is 0 Å². The van der Waals surface area contributed by atoms with Crippen molar-refractivity contribution in [3.63, 3.8) is 0 Å². The first-order valence-corrected chi connectivity index (χ1v) is 6.93. The zero-order valence-corrected chi connectivity index (χ0v) is 12.7. The van der Waals surface area contributed by atoms with Gasteiger partial charge in [-0.05, 0) is 48.6 Å². The summed E-state index contributed by atoms with van der Waals surface area (Å²) < 4.78 is 2.56. The maximum absolute atomic E-state index is 11.4. The average Bonchev–Trinajstić information content (AvgIpc) is 2.68. The van der Waals surface area contributed by atoms with Crippen LogP contribution in [0, 0.1) is 25.2 Å². The first-order chi connectivity index (χ1) is 9.43. The Morgan fingerprint density at radius 2 is 1.90 bits per heavy atom. The second-order valence-corrected chi connectivity index (χ2v) is 5.64. The molecule has 0 saturated carbocycles. The molecule has 0 aliphatic heterocycles. The van der Waals surface area contributed by atoms with E-state index in [0.717, 1.165) is 28.3 Å². The van der Waals surface area contributed by atoms with Gasteiger partial charge < -0.3 is 10.2 Å². The van der Waals surface area contributed by atoms with E-state index in [1.54, 1.807) is 0 Å². The number of benzene rings is 1. The number of nitrogens with one attached hydrogen (secondary N) is 2. The Morgan fingerprint density at radius 3 is 2.40 bits per heavy atom. The Labute approximate surface area is 121 Å². The number of H-pyrrole nitrogens is 1. The van der Waals surface area contributed by atoms with E-state index in [9.17, 15) is 4.79 Å². The largest absolute Gasteiger partial charge is 0.377 e. The molecule has 0 atom stereocenters. The summed E-state index contributed by atoms with van der Waals surface area (Å²) in [6.07, 6.45) is 0. The van der Waals surface area contributed by atoms with E-state index < -0.39 is 0 Å². The van der Waals surface area contributed by atoms with E-state index in [1.807, 2.05) is 46.1 Å². The van der Waals surface area contributed by atoms with Gasteiger partial charge in [0.05, 0.1) is 0 Å². The van der Waals surface area contributed by atoms with E-state index in [2.05, 4.69) is 14.6 Å². The van der Waals surface area contributed by atoms with Crippen LogP contribution in [0.5, 0.6) is 0 Å². The lowest BCUT2D eigenvalue weighted by Gasteiger charge is -2.20. The lowest BCUT2D eigenvalue weighted by atomic mass is 10.1. The minimum absolute atomic E-state index is 0.127. The maximum Gasteiger partial charge on any atom is 0.278 e. The summed E-state index contributed by atoms with van der Waals surface area (Å²) in [5.41, 5.74) is 4.11. The molecule has 5 nitrogen and oxygen atoms in total. The van der Waals surface area contributed by atoms with Crippen molar-refractivity contribution in [2.75, 3.05) is 24.3 Å². The van der Waals surface area contributed by atoms with E-state index >= 15 is 0 Å². The minimum atomic E-state index is -0.349. The molecule has 20 heavy (non-hydrogen) atoms. The van der Waals surface area contributed by atoms with Crippen molar-refractivity contribution in [2.24, 2.45) is 0 Å². The molecule has 2 rings (SSSR count). The SMILES string of the molecule is Cc1cc(Nc2s[nH]c(=O)c2C#N)cc(C)c1N(C)C.